The van der Waals surface area contributed by atoms with Crippen molar-refractivity contribution in [3.05, 3.63) is 54.2 Å². The highest BCUT2D eigenvalue weighted by Crippen LogP contribution is 2.36. The molecular weight excluding hydrogens is 380 g/mol. The molecule has 3 N–H and O–H groups in total. The average Bonchev–Trinajstić information content (AvgIpc) is 3.14. The first kappa shape index (κ1) is 20.0. The van der Waals surface area contributed by atoms with Crippen LogP contribution in [0.5, 0.6) is 0 Å². The predicted molar refractivity (Wildman–Crippen MR) is 118 cm³/mol. The molecule has 3 amide bonds. The van der Waals surface area contributed by atoms with Crippen molar-refractivity contribution in [2.75, 3.05) is 31.6 Å². The summed E-state index contributed by atoms with van der Waals surface area (Å²) in [6.45, 7) is 6.00. The van der Waals surface area contributed by atoms with E-state index in [-0.39, 0.29) is 18.0 Å². The van der Waals surface area contributed by atoms with E-state index < -0.39 is 0 Å². The van der Waals surface area contributed by atoms with E-state index in [4.69, 9.17) is 4.74 Å². The number of ether oxygens (including phenoxy) is 1. The summed E-state index contributed by atoms with van der Waals surface area (Å²) in [5, 5.41) is 6.62. The van der Waals surface area contributed by atoms with Gasteiger partial charge in [0.1, 0.15) is 5.69 Å². The molecule has 4 rings (SSSR count). The van der Waals surface area contributed by atoms with Gasteiger partial charge in [0.05, 0.1) is 24.4 Å². The minimum absolute atomic E-state index is 0.0196. The van der Waals surface area contributed by atoms with E-state index in [0.29, 0.717) is 37.7 Å². The van der Waals surface area contributed by atoms with Crippen molar-refractivity contribution in [2.45, 2.75) is 19.9 Å². The Morgan fingerprint density at radius 1 is 1.03 bits per heavy atom. The Kier molecular flexibility index (Phi) is 5.72. The normalized spacial score (nSPS) is 14.2. The number of morpholine rings is 1. The fourth-order valence-electron chi connectivity index (χ4n) is 3.73. The molecule has 30 heavy (non-hydrogen) atoms. The van der Waals surface area contributed by atoms with Gasteiger partial charge in [0.25, 0.3) is 5.91 Å². The van der Waals surface area contributed by atoms with Crippen molar-refractivity contribution in [1.29, 1.82) is 0 Å². The zero-order valence-electron chi connectivity index (χ0n) is 17.2. The van der Waals surface area contributed by atoms with Crippen LogP contribution in [0.2, 0.25) is 0 Å². The van der Waals surface area contributed by atoms with E-state index in [2.05, 4.69) is 15.6 Å². The van der Waals surface area contributed by atoms with Crippen molar-refractivity contribution in [3.8, 4) is 11.1 Å². The van der Waals surface area contributed by atoms with Crippen LogP contribution in [-0.2, 0) is 4.74 Å². The molecule has 1 saturated heterocycles. The van der Waals surface area contributed by atoms with Gasteiger partial charge < -0.3 is 25.3 Å². The quantitative estimate of drug-likeness (QED) is 0.615. The van der Waals surface area contributed by atoms with E-state index >= 15 is 0 Å². The van der Waals surface area contributed by atoms with Crippen LogP contribution in [0.25, 0.3) is 22.0 Å². The number of fused-ring (bicyclic) bond motifs is 1. The molecular formula is C23H26N4O3. The summed E-state index contributed by atoms with van der Waals surface area (Å²) in [5.41, 5.74) is 3.67. The predicted octanol–water partition coefficient (Wildman–Crippen LogP) is 3.84. The lowest BCUT2D eigenvalue weighted by Crippen LogP contribution is -2.41. The van der Waals surface area contributed by atoms with Crippen LogP contribution in [-0.4, -0.2) is 54.2 Å². The Morgan fingerprint density at radius 2 is 1.77 bits per heavy atom. The molecule has 1 aromatic heterocycles. The summed E-state index contributed by atoms with van der Waals surface area (Å²) >= 11 is 0. The molecule has 3 aromatic rings. The maximum absolute atomic E-state index is 13.4. The molecule has 1 aliphatic heterocycles. The van der Waals surface area contributed by atoms with Crippen molar-refractivity contribution >= 4 is 28.5 Å². The number of aromatic nitrogens is 1. The molecule has 7 nitrogen and oxygen atoms in total. The number of hydrogen-bond donors (Lipinski definition) is 3. The number of nitrogens with zero attached hydrogens (tertiary/aromatic N) is 1. The number of para-hydroxylation sites is 1. The third-order valence-corrected chi connectivity index (χ3v) is 5.08. The molecule has 156 valence electrons. The van der Waals surface area contributed by atoms with E-state index in [1.165, 1.54) is 0 Å². The number of H-pyrrole nitrogens is 1. The van der Waals surface area contributed by atoms with E-state index in [1.54, 1.807) is 4.90 Å². The Morgan fingerprint density at radius 3 is 2.47 bits per heavy atom. The van der Waals surface area contributed by atoms with Crippen LogP contribution in [0.1, 0.15) is 24.3 Å². The third kappa shape index (κ3) is 4.02. The Bertz CT molecular complexity index is 1050. The van der Waals surface area contributed by atoms with Crippen LogP contribution in [0.4, 0.5) is 10.5 Å². The smallest absolute Gasteiger partial charge is 0.319 e. The van der Waals surface area contributed by atoms with E-state index in [9.17, 15) is 9.59 Å². The van der Waals surface area contributed by atoms with Crippen LogP contribution < -0.4 is 10.6 Å². The Labute approximate surface area is 175 Å². The SMILES string of the molecule is CC(C)NC(=O)Nc1cccc2c(-c3ccccc3)c(C(=O)N3CCOCC3)[nH]c12. The molecule has 7 heteroatoms. The molecule has 0 radical (unpaired) electrons. The highest BCUT2D eigenvalue weighted by atomic mass is 16.5. The summed E-state index contributed by atoms with van der Waals surface area (Å²) in [6, 6.07) is 15.3. The number of nitrogens with one attached hydrogen (secondary N) is 3. The molecule has 0 aliphatic carbocycles. The van der Waals surface area contributed by atoms with Crippen molar-refractivity contribution in [2.24, 2.45) is 0 Å². The number of rotatable bonds is 4. The van der Waals surface area contributed by atoms with E-state index in [0.717, 1.165) is 22.0 Å². The van der Waals surface area contributed by atoms with Gasteiger partial charge in [-0.2, -0.15) is 0 Å². The highest BCUT2D eigenvalue weighted by Gasteiger charge is 2.26. The third-order valence-electron chi connectivity index (χ3n) is 5.08. The Balaban J connectivity index is 1.82. The number of benzene rings is 2. The molecule has 0 unspecified atom stereocenters. The zero-order valence-corrected chi connectivity index (χ0v) is 17.2. The molecule has 2 heterocycles. The lowest BCUT2D eigenvalue weighted by Gasteiger charge is -2.26. The summed E-state index contributed by atoms with van der Waals surface area (Å²) in [5.74, 6) is -0.0639. The number of anilines is 1. The van der Waals surface area contributed by atoms with Gasteiger partial charge in [-0.1, -0.05) is 42.5 Å². The minimum Gasteiger partial charge on any atom is -0.378 e. The molecule has 0 spiro atoms. The van der Waals surface area contributed by atoms with Gasteiger partial charge in [-0.25, -0.2) is 4.79 Å². The lowest BCUT2D eigenvalue weighted by molar-refractivity contribution is 0.0300. The van der Waals surface area contributed by atoms with Gasteiger partial charge in [0.2, 0.25) is 0 Å². The Hall–Kier alpha value is -3.32. The van der Waals surface area contributed by atoms with Crippen molar-refractivity contribution in [1.82, 2.24) is 15.2 Å². The minimum atomic E-state index is -0.283. The number of aromatic amines is 1. The maximum atomic E-state index is 13.4. The monoisotopic (exact) mass is 406 g/mol. The van der Waals surface area contributed by atoms with Crippen LogP contribution in [0.15, 0.2) is 48.5 Å². The first-order chi connectivity index (χ1) is 14.5. The van der Waals surface area contributed by atoms with Crippen LogP contribution in [0, 0.1) is 0 Å². The van der Waals surface area contributed by atoms with Crippen molar-refractivity contribution < 1.29 is 14.3 Å². The van der Waals surface area contributed by atoms with Gasteiger partial charge in [-0.05, 0) is 25.5 Å². The zero-order chi connectivity index (χ0) is 21.1. The van der Waals surface area contributed by atoms with Gasteiger partial charge in [0.15, 0.2) is 0 Å². The standard InChI is InChI=1S/C23H26N4O3/c1-15(2)24-23(29)25-18-10-6-9-17-19(16-7-4-3-5-8-16)21(26-20(17)18)22(28)27-11-13-30-14-12-27/h3-10,15,26H,11-14H2,1-2H3,(H2,24,25,29). The largest absolute Gasteiger partial charge is 0.378 e. The van der Waals surface area contributed by atoms with Gasteiger partial charge in [0, 0.05) is 30.1 Å². The van der Waals surface area contributed by atoms with E-state index in [1.807, 2.05) is 62.4 Å². The molecule has 0 bridgehead atoms. The maximum Gasteiger partial charge on any atom is 0.319 e. The molecule has 0 saturated carbocycles. The summed E-state index contributed by atoms with van der Waals surface area (Å²) in [7, 11) is 0. The summed E-state index contributed by atoms with van der Waals surface area (Å²) in [4.78, 5) is 30.8. The number of amides is 3. The lowest BCUT2D eigenvalue weighted by atomic mass is 10.0. The highest BCUT2D eigenvalue weighted by molar-refractivity contribution is 6.13. The van der Waals surface area contributed by atoms with Gasteiger partial charge in [-0.3, -0.25) is 4.79 Å². The number of hydrogen-bond acceptors (Lipinski definition) is 3. The van der Waals surface area contributed by atoms with Gasteiger partial charge in [-0.15, -0.1) is 0 Å². The second-order valence-electron chi connectivity index (χ2n) is 7.63. The van der Waals surface area contributed by atoms with Crippen LogP contribution >= 0.6 is 0 Å². The number of carbonyl (C=O) groups excluding carboxylic acids is 2. The number of urea groups is 1. The van der Waals surface area contributed by atoms with Crippen molar-refractivity contribution in [3.63, 3.8) is 0 Å². The topological polar surface area (TPSA) is 86.5 Å². The second kappa shape index (κ2) is 8.59. The summed E-state index contributed by atoms with van der Waals surface area (Å²) in [6.07, 6.45) is 0. The molecule has 1 fully saturated rings. The first-order valence-electron chi connectivity index (χ1n) is 10.2. The van der Waals surface area contributed by atoms with Gasteiger partial charge >= 0.3 is 6.03 Å². The number of carbonyl (C=O) groups is 2. The molecule has 0 atom stereocenters. The molecule has 1 aliphatic rings. The second-order valence-corrected chi connectivity index (χ2v) is 7.63. The first-order valence-corrected chi connectivity index (χ1v) is 10.2. The fourth-order valence-corrected chi connectivity index (χ4v) is 3.73. The van der Waals surface area contributed by atoms with Crippen LogP contribution in [0.3, 0.4) is 0 Å². The fraction of sp³-hybridized carbons (Fsp3) is 0.304. The molecule has 2 aromatic carbocycles. The summed E-state index contributed by atoms with van der Waals surface area (Å²) < 4.78 is 5.40. The average molecular weight is 406 g/mol.